The van der Waals surface area contributed by atoms with Gasteiger partial charge in [-0.25, -0.2) is 4.79 Å². The Bertz CT molecular complexity index is 513. The average molecular weight is 303 g/mol. The van der Waals surface area contributed by atoms with Crippen molar-refractivity contribution in [3.63, 3.8) is 0 Å². The molecule has 0 saturated heterocycles. The highest BCUT2D eigenvalue weighted by Crippen LogP contribution is 2.37. The van der Waals surface area contributed by atoms with Crippen LogP contribution < -0.4 is 0 Å². The molecule has 2 aromatic rings. The van der Waals surface area contributed by atoms with Crippen molar-refractivity contribution in [2.24, 2.45) is 0 Å². The Balaban J connectivity index is 2.46. The van der Waals surface area contributed by atoms with Gasteiger partial charge in [0.05, 0.1) is 9.35 Å². The first-order valence-corrected chi connectivity index (χ1v) is 6.60. The molecule has 0 aromatic carbocycles. The number of halogens is 1. The first-order valence-electron chi connectivity index (χ1n) is 4.17. The van der Waals surface area contributed by atoms with Crippen LogP contribution in [0.3, 0.4) is 0 Å². The smallest absolute Gasteiger partial charge is 0.336 e. The Hall–Kier alpha value is -0.650. The van der Waals surface area contributed by atoms with Crippen LogP contribution >= 0.6 is 38.6 Å². The van der Waals surface area contributed by atoms with Gasteiger partial charge in [0.2, 0.25) is 0 Å². The van der Waals surface area contributed by atoms with Crippen LogP contribution in [0, 0.1) is 6.92 Å². The lowest BCUT2D eigenvalue weighted by molar-refractivity contribution is 0.0697. The van der Waals surface area contributed by atoms with Crippen LogP contribution in [-0.2, 0) is 0 Å². The number of rotatable bonds is 2. The molecule has 2 aromatic heterocycles. The van der Waals surface area contributed by atoms with Crippen LogP contribution in [0.4, 0.5) is 0 Å². The fourth-order valence-corrected chi connectivity index (χ4v) is 3.74. The van der Waals surface area contributed by atoms with Crippen LogP contribution in [0.2, 0.25) is 0 Å². The highest BCUT2D eigenvalue weighted by Gasteiger charge is 2.13. The van der Waals surface area contributed by atoms with E-state index in [1.165, 1.54) is 11.3 Å². The molecular weight excluding hydrogens is 296 g/mol. The SMILES string of the molecule is Cc1sc(-c2ccc(Br)s2)cc1C(=O)O. The third-order valence-corrected chi connectivity index (χ3v) is 4.83. The first kappa shape index (κ1) is 10.9. The summed E-state index contributed by atoms with van der Waals surface area (Å²) in [5.74, 6) is -0.856. The molecule has 1 N–H and O–H groups in total. The molecule has 0 bridgehead atoms. The number of thiophene rings is 2. The maximum atomic E-state index is 10.9. The van der Waals surface area contributed by atoms with Crippen molar-refractivity contribution in [2.45, 2.75) is 6.92 Å². The van der Waals surface area contributed by atoms with E-state index in [2.05, 4.69) is 15.9 Å². The molecule has 0 aliphatic rings. The maximum Gasteiger partial charge on any atom is 0.336 e. The lowest BCUT2D eigenvalue weighted by atomic mass is 10.2. The Kier molecular flexibility index (Phi) is 2.95. The summed E-state index contributed by atoms with van der Waals surface area (Å²) in [6.07, 6.45) is 0. The first-order chi connectivity index (χ1) is 7.08. The minimum absolute atomic E-state index is 0.402. The summed E-state index contributed by atoms with van der Waals surface area (Å²) >= 11 is 6.52. The van der Waals surface area contributed by atoms with E-state index >= 15 is 0 Å². The summed E-state index contributed by atoms with van der Waals surface area (Å²) < 4.78 is 1.06. The van der Waals surface area contributed by atoms with Gasteiger partial charge in [-0.1, -0.05) is 0 Å². The minimum Gasteiger partial charge on any atom is -0.478 e. The summed E-state index contributed by atoms with van der Waals surface area (Å²) in [5.41, 5.74) is 0.402. The molecule has 78 valence electrons. The molecule has 0 atom stereocenters. The Morgan fingerprint density at radius 1 is 1.33 bits per heavy atom. The van der Waals surface area contributed by atoms with Gasteiger partial charge in [0, 0.05) is 14.6 Å². The Labute approximate surface area is 103 Å². The molecule has 0 aliphatic carbocycles. The van der Waals surface area contributed by atoms with Crippen molar-refractivity contribution < 1.29 is 9.90 Å². The van der Waals surface area contributed by atoms with Gasteiger partial charge in [-0.05, 0) is 41.1 Å². The zero-order valence-corrected chi connectivity index (χ0v) is 11.0. The van der Waals surface area contributed by atoms with Gasteiger partial charge in [-0.2, -0.15) is 0 Å². The van der Waals surface area contributed by atoms with Crippen molar-refractivity contribution in [3.8, 4) is 9.75 Å². The molecule has 0 fully saturated rings. The lowest BCUT2D eigenvalue weighted by Crippen LogP contribution is -1.94. The normalized spacial score (nSPS) is 10.5. The molecule has 0 saturated carbocycles. The molecule has 0 amide bonds. The third-order valence-electron chi connectivity index (χ3n) is 1.96. The van der Waals surface area contributed by atoms with E-state index < -0.39 is 5.97 Å². The van der Waals surface area contributed by atoms with Crippen molar-refractivity contribution in [1.29, 1.82) is 0 Å². The molecule has 0 spiro atoms. The second-order valence-electron chi connectivity index (χ2n) is 2.99. The van der Waals surface area contributed by atoms with E-state index in [1.54, 1.807) is 17.4 Å². The van der Waals surface area contributed by atoms with E-state index in [0.717, 1.165) is 18.4 Å². The van der Waals surface area contributed by atoms with Crippen LogP contribution in [-0.4, -0.2) is 11.1 Å². The van der Waals surface area contributed by atoms with Crippen molar-refractivity contribution in [2.75, 3.05) is 0 Å². The monoisotopic (exact) mass is 302 g/mol. The number of carboxylic acids is 1. The molecule has 0 radical (unpaired) electrons. The highest BCUT2D eigenvalue weighted by atomic mass is 79.9. The van der Waals surface area contributed by atoms with Gasteiger partial charge < -0.3 is 5.11 Å². The van der Waals surface area contributed by atoms with E-state index in [0.29, 0.717) is 5.56 Å². The van der Waals surface area contributed by atoms with Gasteiger partial charge in [0.25, 0.3) is 0 Å². The van der Waals surface area contributed by atoms with E-state index in [4.69, 9.17) is 5.11 Å². The van der Waals surface area contributed by atoms with E-state index in [-0.39, 0.29) is 0 Å². The Morgan fingerprint density at radius 3 is 2.53 bits per heavy atom. The second kappa shape index (κ2) is 4.08. The predicted molar refractivity (Wildman–Crippen MR) is 67.0 cm³/mol. The molecule has 2 rings (SSSR count). The van der Waals surface area contributed by atoms with Crippen LogP contribution in [0.1, 0.15) is 15.2 Å². The lowest BCUT2D eigenvalue weighted by Gasteiger charge is -1.87. The molecular formula is C10H7BrO2S2. The maximum absolute atomic E-state index is 10.9. The van der Waals surface area contributed by atoms with E-state index in [9.17, 15) is 4.79 Å². The number of hydrogen-bond acceptors (Lipinski definition) is 3. The van der Waals surface area contributed by atoms with Crippen molar-refractivity contribution in [3.05, 3.63) is 32.4 Å². The van der Waals surface area contributed by atoms with Gasteiger partial charge >= 0.3 is 5.97 Å². The predicted octanol–water partition coefficient (Wildman–Crippen LogP) is 4.25. The number of carboxylic acid groups (broad SMARTS) is 1. The molecule has 15 heavy (non-hydrogen) atoms. The minimum atomic E-state index is -0.856. The molecule has 0 unspecified atom stereocenters. The third kappa shape index (κ3) is 2.14. The number of hydrogen-bond donors (Lipinski definition) is 1. The number of aromatic carboxylic acids is 1. The standard InChI is InChI=1S/C10H7BrO2S2/c1-5-6(10(12)13)4-8(14-5)7-2-3-9(11)15-7/h2-4H,1H3,(H,12,13). The summed E-state index contributed by atoms with van der Waals surface area (Å²) in [6.45, 7) is 1.83. The van der Waals surface area contributed by atoms with Gasteiger partial charge in [0.1, 0.15) is 0 Å². The second-order valence-corrected chi connectivity index (χ2v) is 6.71. The van der Waals surface area contributed by atoms with Crippen molar-refractivity contribution >= 4 is 44.6 Å². The van der Waals surface area contributed by atoms with Crippen LogP contribution in [0.25, 0.3) is 9.75 Å². The van der Waals surface area contributed by atoms with E-state index in [1.807, 2.05) is 19.1 Å². The van der Waals surface area contributed by atoms with Crippen LogP contribution in [0.15, 0.2) is 22.0 Å². The summed E-state index contributed by atoms with van der Waals surface area (Å²) in [7, 11) is 0. The quantitative estimate of drug-likeness (QED) is 0.900. The summed E-state index contributed by atoms with van der Waals surface area (Å²) in [5, 5.41) is 8.93. The zero-order chi connectivity index (χ0) is 11.0. The highest BCUT2D eigenvalue weighted by molar-refractivity contribution is 9.11. The largest absolute Gasteiger partial charge is 0.478 e. The van der Waals surface area contributed by atoms with Gasteiger partial charge in [0.15, 0.2) is 0 Å². The van der Waals surface area contributed by atoms with Crippen LogP contribution in [0.5, 0.6) is 0 Å². The molecule has 2 nitrogen and oxygen atoms in total. The summed E-state index contributed by atoms with van der Waals surface area (Å²) in [4.78, 5) is 13.8. The van der Waals surface area contributed by atoms with Gasteiger partial charge in [-0.3, -0.25) is 0 Å². The van der Waals surface area contributed by atoms with Crippen molar-refractivity contribution in [1.82, 2.24) is 0 Å². The fourth-order valence-electron chi connectivity index (χ4n) is 1.26. The average Bonchev–Trinajstić information content (AvgIpc) is 2.71. The van der Waals surface area contributed by atoms with Gasteiger partial charge in [-0.15, -0.1) is 22.7 Å². The molecule has 2 heterocycles. The number of aryl methyl sites for hydroxylation is 1. The molecule has 0 aliphatic heterocycles. The zero-order valence-electron chi connectivity index (χ0n) is 7.78. The Morgan fingerprint density at radius 2 is 2.07 bits per heavy atom. The molecule has 5 heteroatoms. The topological polar surface area (TPSA) is 37.3 Å². The summed E-state index contributed by atoms with van der Waals surface area (Å²) in [6, 6.07) is 5.70. The number of carbonyl (C=O) groups is 1. The fraction of sp³-hybridized carbons (Fsp3) is 0.100.